The van der Waals surface area contributed by atoms with Gasteiger partial charge in [0.1, 0.15) is 0 Å². The largest absolute Gasteiger partial charge is 1.00 e. The number of unbranched alkanes of at least 4 members (excludes halogenated alkanes) is 12. The molecule has 0 bridgehead atoms. The van der Waals surface area contributed by atoms with Crippen LogP contribution in [-0.4, -0.2) is 31.2 Å². The summed E-state index contributed by atoms with van der Waals surface area (Å²) in [5, 5.41) is 11.6. The summed E-state index contributed by atoms with van der Waals surface area (Å²) >= 11 is 0. The van der Waals surface area contributed by atoms with Crippen molar-refractivity contribution < 1.29 is 69.5 Å². The van der Waals surface area contributed by atoms with Crippen molar-refractivity contribution in [2.45, 2.75) is 103 Å². The Balaban J connectivity index is 0. The summed E-state index contributed by atoms with van der Waals surface area (Å²) in [6.07, 6.45) is 16.6. The van der Waals surface area contributed by atoms with Crippen LogP contribution in [0.3, 0.4) is 0 Å². The van der Waals surface area contributed by atoms with E-state index in [0.29, 0.717) is 25.8 Å². The van der Waals surface area contributed by atoms with E-state index in [1.165, 1.54) is 64.2 Å². The van der Waals surface area contributed by atoms with Gasteiger partial charge in [0.25, 0.3) is 10.1 Å². The summed E-state index contributed by atoms with van der Waals surface area (Å²) in [6.45, 7) is 2.60. The van der Waals surface area contributed by atoms with Crippen LogP contribution < -0.4 is 56.5 Å². The summed E-state index contributed by atoms with van der Waals surface area (Å²) < 4.78 is 29.6. The van der Waals surface area contributed by atoms with Crippen molar-refractivity contribution in [1.82, 2.24) is 0 Å². The fraction of sp³-hybridized carbons (Fsp3) is 0.947. The van der Waals surface area contributed by atoms with E-state index in [9.17, 15) is 13.5 Å². The molecule has 150 valence electrons. The molecule has 0 aliphatic rings. The Morgan fingerprint density at radius 1 is 0.808 bits per heavy atom. The number of rotatable bonds is 18. The van der Waals surface area contributed by atoms with Gasteiger partial charge in [-0.15, -0.1) is 0 Å². The number of aliphatic imine (C=N–C) groups is 1. The van der Waals surface area contributed by atoms with Crippen molar-refractivity contribution in [3.05, 3.63) is 0 Å². The average molecular weight is 416 g/mol. The number of hydrogen-bond acceptors (Lipinski definition) is 4. The van der Waals surface area contributed by atoms with Gasteiger partial charge in [0, 0.05) is 6.54 Å². The average Bonchev–Trinajstić information content (AvgIpc) is 2.54. The van der Waals surface area contributed by atoms with Gasteiger partial charge in [-0.2, -0.15) is 8.42 Å². The second kappa shape index (κ2) is 20.7. The zero-order valence-electron chi connectivity index (χ0n) is 17.0. The van der Waals surface area contributed by atoms with E-state index < -0.39 is 10.1 Å². The van der Waals surface area contributed by atoms with E-state index in [2.05, 4.69) is 11.9 Å². The molecular formula is C19H38KNO4S. The van der Waals surface area contributed by atoms with E-state index >= 15 is 0 Å². The molecule has 0 aromatic carbocycles. The van der Waals surface area contributed by atoms with Gasteiger partial charge in [0.2, 0.25) is 0 Å². The SMILES string of the molecule is CCCCCCCCCCCCCCC([O-])=NCCCCS(=O)(=O)O.[K+]. The Kier molecular flexibility index (Phi) is 23.3. The van der Waals surface area contributed by atoms with Crippen LogP contribution in [0.2, 0.25) is 0 Å². The van der Waals surface area contributed by atoms with Crippen molar-refractivity contribution >= 4 is 16.0 Å². The summed E-state index contributed by atoms with van der Waals surface area (Å²) in [5.74, 6) is -0.339. The quantitative estimate of drug-likeness (QED) is 0.121. The monoisotopic (exact) mass is 415 g/mol. The molecule has 1 N–H and O–H groups in total. The Hall–Kier alpha value is 1.02. The molecule has 5 nitrogen and oxygen atoms in total. The van der Waals surface area contributed by atoms with Gasteiger partial charge >= 0.3 is 51.4 Å². The van der Waals surface area contributed by atoms with Crippen molar-refractivity contribution in [2.75, 3.05) is 12.3 Å². The van der Waals surface area contributed by atoms with Crippen molar-refractivity contribution in [3.8, 4) is 0 Å². The zero-order chi connectivity index (χ0) is 18.8. The third-order valence-corrected chi connectivity index (χ3v) is 5.15. The molecule has 0 radical (unpaired) electrons. The first-order valence-electron chi connectivity index (χ1n) is 10.1. The van der Waals surface area contributed by atoms with Gasteiger partial charge in [0.05, 0.1) is 5.75 Å². The van der Waals surface area contributed by atoms with E-state index in [-0.39, 0.29) is 63.0 Å². The second-order valence-electron chi connectivity index (χ2n) is 6.91. The van der Waals surface area contributed by atoms with E-state index in [4.69, 9.17) is 4.55 Å². The normalized spacial score (nSPS) is 12.2. The van der Waals surface area contributed by atoms with E-state index in [1.54, 1.807) is 0 Å². The van der Waals surface area contributed by atoms with Gasteiger partial charge in [-0.1, -0.05) is 77.6 Å². The van der Waals surface area contributed by atoms with Gasteiger partial charge in [-0.3, -0.25) is 4.55 Å². The molecular weight excluding hydrogens is 377 g/mol. The maximum atomic E-state index is 11.6. The van der Waals surface area contributed by atoms with Crippen molar-refractivity contribution in [3.63, 3.8) is 0 Å². The molecule has 7 heteroatoms. The Labute approximate surface area is 204 Å². The number of hydrogen-bond donors (Lipinski definition) is 1. The van der Waals surface area contributed by atoms with Crippen LogP contribution in [-0.2, 0) is 10.1 Å². The third-order valence-electron chi connectivity index (χ3n) is 4.34. The summed E-state index contributed by atoms with van der Waals surface area (Å²) in [6, 6.07) is 0. The molecule has 0 rings (SSSR count). The van der Waals surface area contributed by atoms with Crippen LogP contribution in [0.1, 0.15) is 103 Å². The van der Waals surface area contributed by atoms with Crippen LogP contribution in [0.5, 0.6) is 0 Å². The molecule has 26 heavy (non-hydrogen) atoms. The van der Waals surface area contributed by atoms with Gasteiger partial charge in [-0.05, 0) is 31.6 Å². The minimum absolute atomic E-state index is 0. The molecule has 0 aliphatic carbocycles. The van der Waals surface area contributed by atoms with Crippen LogP contribution in [0.15, 0.2) is 4.99 Å². The molecule has 0 aromatic heterocycles. The molecule has 0 spiro atoms. The second-order valence-corrected chi connectivity index (χ2v) is 8.48. The minimum atomic E-state index is -3.89. The molecule has 0 unspecified atom stereocenters. The predicted octanol–water partition coefficient (Wildman–Crippen LogP) is 1.51. The summed E-state index contributed by atoms with van der Waals surface area (Å²) in [4.78, 5) is 3.92. The molecule has 0 atom stereocenters. The molecule has 0 heterocycles. The van der Waals surface area contributed by atoms with Crippen molar-refractivity contribution in [1.29, 1.82) is 0 Å². The smallest absolute Gasteiger partial charge is 0.862 e. The van der Waals surface area contributed by atoms with Crippen LogP contribution >= 0.6 is 0 Å². The Morgan fingerprint density at radius 3 is 1.73 bits per heavy atom. The van der Waals surface area contributed by atoms with Gasteiger partial charge in [-0.25, -0.2) is 0 Å². The molecule has 0 aliphatic heterocycles. The minimum Gasteiger partial charge on any atom is -0.862 e. The van der Waals surface area contributed by atoms with Crippen molar-refractivity contribution in [2.24, 2.45) is 4.99 Å². The first kappa shape index (κ1) is 29.2. The van der Waals surface area contributed by atoms with E-state index in [0.717, 1.165) is 12.8 Å². The van der Waals surface area contributed by atoms with Crippen LogP contribution in [0, 0.1) is 0 Å². The topological polar surface area (TPSA) is 89.8 Å². The molecule has 0 amide bonds. The van der Waals surface area contributed by atoms with Crippen LogP contribution in [0.4, 0.5) is 0 Å². The predicted molar refractivity (Wildman–Crippen MR) is 104 cm³/mol. The molecule has 0 saturated heterocycles. The molecule has 0 saturated carbocycles. The molecule has 0 fully saturated rings. The zero-order valence-corrected chi connectivity index (χ0v) is 21.0. The fourth-order valence-electron chi connectivity index (χ4n) is 2.80. The maximum absolute atomic E-state index is 11.6. The Morgan fingerprint density at radius 2 is 1.27 bits per heavy atom. The first-order valence-corrected chi connectivity index (χ1v) is 11.7. The van der Waals surface area contributed by atoms with E-state index in [1.807, 2.05) is 0 Å². The van der Waals surface area contributed by atoms with Gasteiger partial charge < -0.3 is 10.1 Å². The molecule has 0 aromatic rings. The standard InChI is InChI=1S/C19H39NO4S.K/c1-2-3-4-5-6-7-8-9-10-11-12-13-16-19(21)20-17-14-15-18-25(22,23)24;/h2-18H2,1H3,(H,20,21)(H,22,23,24);/q;+1/p-1. The number of nitrogens with zero attached hydrogens (tertiary/aromatic N) is 1. The van der Waals surface area contributed by atoms with Gasteiger partial charge in [0.15, 0.2) is 0 Å². The fourth-order valence-corrected chi connectivity index (χ4v) is 3.37. The third kappa shape index (κ3) is 25.0. The summed E-state index contributed by atoms with van der Waals surface area (Å²) in [5.41, 5.74) is 0. The van der Waals surface area contributed by atoms with Crippen LogP contribution in [0.25, 0.3) is 0 Å². The first-order chi connectivity index (χ1) is 12.0. The maximum Gasteiger partial charge on any atom is 1.00 e. The summed E-state index contributed by atoms with van der Waals surface area (Å²) in [7, 11) is -3.89. The Bertz CT molecular complexity index is 427.